The van der Waals surface area contributed by atoms with Crippen molar-refractivity contribution in [2.45, 2.75) is 94.8 Å². The van der Waals surface area contributed by atoms with Crippen molar-refractivity contribution in [1.29, 1.82) is 0 Å². The molecule has 2 amide bonds. The Balaban J connectivity index is 1.45. The Morgan fingerprint density at radius 2 is 1.14 bits per heavy atom. The third-order valence-electron chi connectivity index (χ3n) is 6.31. The van der Waals surface area contributed by atoms with Crippen LogP contribution in [0.1, 0.15) is 76.1 Å². The number of ether oxygens (including phenoxy) is 2. The third-order valence-corrected chi connectivity index (χ3v) is 6.31. The van der Waals surface area contributed by atoms with Gasteiger partial charge in [-0.15, -0.1) is 0 Å². The molecule has 0 aromatic heterocycles. The highest BCUT2D eigenvalue weighted by atomic mass is 16.7. The second-order valence-electron chi connectivity index (χ2n) is 8.54. The molecule has 4 rings (SSSR count). The lowest BCUT2D eigenvalue weighted by Crippen LogP contribution is -2.52. The predicted octanol–water partition coefficient (Wildman–Crippen LogP) is 3.37. The maximum absolute atomic E-state index is 13.0. The lowest BCUT2D eigenvalue weighted by molar-refractivity contribution is -0.138. The summed E-state index contributed by atoms with van der Waals surface area (Å²) in [5, 5.41) is 6.19. The quantitative estimate of drug-likeness (QED) is 0.795. The third kappa shape index (κ3) is 5.17. The van der Waals surface area contributed by atoms with E-state index in [0.717, 1.165) is 56.9 Å². The zero-order valence-electron chi connectivity index (χ0n) is 17.0. The van der Waals surface area contributed by atoms with Gasteiger partial charge in [0.1, 0.15) is 0 Å². The highest BCUT2D eigenvalue weighted by molar-refractivity contribution is 5.91. The van der Waals surface area contributed by atoms with E-state index in [1.54, 1.807) is 0 Å². The van der Waals surface area contributed by atoms with Gasteiger partial charge in [0, 0.05) is 17.6 Å². The number of carbonyl (C=O) groups is 2. The van der Waals surface area contributed by atoms with E-state index in [-0.39, 0.29) is 23.9 Å². The van der Waals surface area contributed by atoms with Crippen LogP contribution in [0.15, 0.2) is 30.3 Å². The molecule has 1 saturated heterocycles. The first-order valence-corrected chi connectivity index (χ1v) is 11.2. The molecule has 2 aliphatic carbocycles. The van der Waals surface area contributed by atoms with Gasteiger partial charge in [-0.25, -0.2) is 0 Å². The molecule has 1 aromatic carbocycles. The molecule has 1 aromatic rings. The fourth-order valence-corrected chi connectivity index (χ4v) is 4.67. The first-order valence-electron chi connectivity index (χ1n) is 11.2. The molecule has 0 spiro atoms. The normalized spacial score (nSPS) is 26.9. The number of rotatable bonds is 5. The van der Waals surface area contributed by atoms with Gasteiger partial charge in [0.2, 0.25) is 0 Å². The van der Waals surface area contributed by atoms with Crippen molar-refractivity contribution in [1.82, 2.24) is 10.6 Å². The molecule has 29 heavy (non-hydrogen) atoms. The molecule has 3 fully saturated rings. The molecule has 6 nitrogen and oxygen atoms in total. The molecule has 1 heterocycles. The van der Waals surface area contributed by atoms with Gasteiger partial charge in [0.15, 0.2) is 18.5 Å². The second kappa shape index (κ2) is 9.72. The lowest BCUT2D eigenvalue weighted by atomic mass is 9.94. The maximum Gasteiger partial charge on any atom is 0.252 e. The number of hydrogen-bond acceptors (Lipinski definition) is 4. The van der Waals surface area contributed by atoms with Gasteiger partial charge in [0.25, 0.3) is 11.8 Å². The molecule has 0 unspecified atom stereocenters. The van der Waals surface area contributed by atoms with Crippen LogP contribution in [0.4, 0.5) is 0 Å². The summed E-state index contributed by atoms with van der Waals surface area (Å²) in [5.74, 6) is -0.474. The first-order chi connectivity index (χ1) is 14.2. The Bertz CT molecular complexity index is 643. The summed E-state index contributed by atoms with van der Waals surface area (Å²) >= 11 is 0. The van der Waals surface area contributed by atoms with Crippen molar-refractivity contribution in [3.63, 3.8) is 0 Å². The minimum atomic E-state index is -0.925. The average Bonchev–Trinajstić information content (AvgIpc) is 3.22. The first kappa shape index (κ1) is 20.4. The van der Waals surface area contributed by atoms with Crippen molar-refractivity contribution in [3.05, 3.63) is 35.9 Å². The van der Waals surface area contributed by atoms with Gasteiger partial charge in [-0.05, 0) is 25.7 Å². The summed E-state index contributed by atoms with van der Waals surface area (Å²) in [4.78, 5) is 26.0. The number of nitrogens with one attached hydrogen (secondary N) is 2. The average molecular weight is 401 g/mol. The maximum atomic E-state index is 13.0. The fourth-order valence-electron chi connectivity index (χ4n) is 4.67. The molecular formula is C23H32N2O4. The molecule has 6 heteroatoms. The van der Waals surface area contributed by atoms with Gasteiger partial charge in [0.05, 0.1) is 0 Å². The van der Waals surface area contributed by atoms with Gasteiger partial charge < -0.3 is 20.1 Å². The minimum absolute atomic E-state index is 0.165. The van der Waals surface area contributed by atoms with E-state index in [1.165, 1.54) is 12.8 Å². The summed E-state index contributed by atoms with van der Waals surface area (Å²) < 4.78 is 12.0. The van der Waals surface area contributed by atoms with E-state index in [2.05, 4.69) is 10.6 Å². The van der Waals surface area contributed by atoms with Crippen molar-refractivity contribution in [3.8, 4) is 0 Å². The molecular weight excluding hydrogens is 368 g/mol. The van der Waals surface area contributed by atoms with E-state index in [4.69, 9.17) is 9.47 Å². The molecule has 2 saturated carbocycles. The van der Waals surface area contributed by atoms with Gasteiger partial charge >= 0.3 is 0 Å². The smallest absolute Gasteiger partial charge is 0.252 e. The Morgan fingerprint density at radius 1 is 0.690 bits per heavy atom. The van der Waals surface area contributed by atoms with Crippen LogP contribution in [-0.2, 0) is 19.1 Å². The van der Waals surface area contributed by atoms with Gasteiger partial charge in [-0.1, -0.05) is 68.9 Å². The van der Waals surface area contributed by atoms with E-state index in [0.29, 0.717) is 0 Å². The monoisotopic (exact) mass is 400 g/mol. The summed E-state index contributed by atoms with van der Waals surface area (Å²) in [6.45, 7) is 0. The molecule has 3 aliphatic rings. The van der Waals surface area contributed by atoms with Gasteiger partial charge in [-0.2, -0.15) is 0 Å². The predicted molar refractivity (Wildman–Crippen MR) is 109 cm³/mol. The topological polar surface area (TPSA) is 76.7 Å². The SMILES string of the molecule is O=C(NC1CCCCC1)[C@@H]1OC(c2ccccc2)O[C@H]1C(=O)NC1CCCCC1. The Labute approximate surface area is 172 Å². The molecule has 0 bridgehead atoms. The van der Waals surface area contributed by atoms with E-state index in [1.807, 2.05) is 30.3 Å². The highest BCUT2D eigenvalue weighted by Crippen LogP contribution is 2.32. The van der Waals surface area contributed by atoms with Crippen LogP contribution in [0.5, 0.6) is 0 Å². The van der Waals surface area contributed by atoms with E-state index >= 15 is 0 Å². The van der Waals surface area contributed by atoms with Crippen molar-refractivity contribution in [2.75, 3.05) is 0 Å². The zero-order valence-corrected chi connectivity index (χ0v) is 17.0. The Kier molecular flexibility index (Phi) is 6.82. The molecule has 1 aliphatic heterocycles. The van der Waals surface area contributed by atoms with Crippen LogP contribution in [0.2, 0.25) is 0 Å². The van der Waals surface area contributed by atoms with Crippen molar-refractivity contribution < 1.29 is 19.1 Å². The molecule has 0 radical (unpaired) electrons. The van der Waals surface area contributed by atoms with Gasteiger partial charge in [-0.3, -0.25) is 9.59 Å². The zero-order chi connectivity index (χ0) is 20.1. The summed E-state index contributed by atoms with van der Waals surface area (Å²) in [6, 6.07) is 9.82. The number of carbonyl (C=O) groups excluding carboxylic acids is 2. The van der Waals surface area contributed by atoms with Crippen molar-refractivity contribution >= 4 is 11.8 Å². The second-order valence-corrected chi connectivity index (χ2v) is 8.54. The number of hydrogen-bond donors (Lipinski definition) is 2. The lowest BCUT2D eigenvalue weighted by Gasteiger charge is -2.26. The fraction of sp³-hybridized carbons (Fsp3) is 0.652. The highest BCUT2D eigenvalue weighted by Gasteiger charge is 2.46. The Hall–Kier alpha value is -1.92. The van der Waals surface area contributed by atoms with Crippen LogP contribution in [0.25, 0.3) is 0 Å². The summed E-state index contributed by atoms with van der Waals surface area (Å²) in [5.41, 5.74) is 0.816. The summed E-state index contributed by atoms with van der Waals surface area (Å²) in [7, 11) is 0. The minimum Gasteiger partial charge on any atom is -0.351 e. The standard InChI is InChI=1S/C23H32N2O4/c26-21(24-17-12-6-2-7-13-17)19-20(22(27)25-18-14-8-3-9-15-18)29-23(28-19)16-10-4-1-5-11-16/h1,4-5,10-11,17-20,23H,2-3,6-9,12-15H2,(H,24,26)(H,25,27)/t19-,20-/m1/s1. The number of amides is 2. The van der Waals surface area contributed by atoms with Crippen LogP contribution in [0.3, 0.4) is 0 Å². The summed E-state index contributed by atoms with van der Waals surface area (Å²) in [6.07, 6.45) is 8.35. The largest absolute Gasteiger partial charge is 0.351 e. The molecule has 2 atom stereocenters. The number of benzene rings is 1. The Morgan fingerprint density at radius 3 is 1.59 bits per heavy atom. The van der Waals surface area contributed by atoms with E-state index in [9.17, 15) is 9.59 Å². The van der Waals surface area contributed by atoms with Crippen LogP contribution < -0.4 is 10.6 Å². The van der Waals surface area contributed by atoms with Crippen LogP contribution in [0, 0.1) is 0 Å². The van der Waals surface area contributed by atoms with Crippen LogP contribution in [-0.4, -0.2) is 36.1 Å². The van der Waals surface area contributed by atoms with E-state index < -0.39 is 18.5 Å². The molecule has 158 valence electrons. The van der Waals surface area contributed by atoms with Crippen LogP contribution >= 0.6 is 0 Å². The molecule has 2 N–H and O–H groups in total. The van der Waals surface area contributed by atoms with Crippen molar-refractivity contribution in [2.24, 2.45) is 0 Å².